The minimum absolute atomic E-state index is 0.200. The molecule has 0 aliphatic carbocycles. The topological polar surface area (TPSA) is 24.1 Å². The molecule has 3 heteroatoms. The van der Waals surface area contributed by atoms with Crippen molar-refractivity contribution in [2.75, 3.05) is 5.32 Å². The van der Waals surface area contributed by atoms with Crippen molar-refractivity contribution in [2.45, 2.75) is 33.7 Å². The van der Waals surface area contributed by atoms with Gasteiger partial charge in [0, 0.05) is 5.69 Å². The lowest BCUT2D eigenvalue weighted by atomic mass is 9.93. The molecule has 0 spiro atoms. The highest BCUT2D eigenvalue weighted by atomic mass is 32.1. The van der Waals surface area contributed by atoms with Gasteiger partial charge in [-0.05, 0) is 60.8 Å². The molecule has 116 valence electrons. The first-order valence-corrected chi connectivity index (χ1v) is 8.08. The predicted octanol–water partition coefficient (Wildman–Crippen LogP) is 4.99. The molecule has 0 aromatic heterocycles. The molecule has 0 unspecified atom stereocenters. The van der Waals surface area contributed by atoms with E-state index in [-0.39, 0.29) is 6.04 Å². The van der Waals surface area contributed by atoms with E-state index < -0.39 is 0 Å². The van der Waals surface area contributed by atoms with Gasteiger partial charge >= 0.3 is 0 Å². The Bertz CT molecular complexity index is 649. The van der Waals surface area contributed by atoms with E-state index in [0.29, 0.717) is 11.0 Å². The van der Waals surface area contributed by atoms with Gasteiger partial charge in [-0.3, -0.25) is 0 Å². The van der Waals surface area contributed by atoms with Crippen molar-refractivity contribution in [3.8, 4) is 0 Å². The number of thiocarbonyl (C=S) groups is 1. The van der Waals surface area contributed by atoms with Gasteiger partial charge in [-0.15, -0.1) is 0 Å². The van der Waals surface area contributed by atoms with E-state index in [1.54, 1.807) is 0 Å². The number of benzene rings is 2. The van der Waals surface area contributed by atoms with E-state index in [1.807, 2.05) is 12.1 Å². The Hall–Kier alpha value is -1.87. The van der Waals surface area contributed by atoms with Gasteiger partial charge in [-0.25, -0.2) is 0 Å². The summed E-state index contributed by atoms with van der Waals surface area (Å²) >= 11 is 5.50. The highest BCUT2D eigenvalue weighted by molar-refractivity contribution is 7.80. The number of rotatable bonds is 4. The molecule has 2 nitrogen and oxygen atoms in total. The first-order chi connectivity index (χ1) is 10.5. The third-order valence-corrected chi connectivity index (χ3v) is 3.97. The molecule has 2 aromatic carbocycles. The van der Waals surface area contributed by atoms with Gasteiger partial charge in [-0.2, -0.15) is 0 Å². The molecule has 0 fully saturated rings. The summed E-state index contributed by atoms with van der Waals surface area (Å²) in [6.45, 7) is 8.63. The van der Waals surface area contributed by atoms with E-state index >= 15 is 0 Å². The fourth-order valence-corrected chi connectivity index (χ4v) is 2.82. The third kappa shape index (κ3) is 4.31. The summed E-state index contributed by atoms with van der Waals surface area (Å²) in [5, 5.41) is 7.40. The molecule has 1 atom stereocenters. The van der Waals surface area contributed by atoms with Crippen LogP contribution in [0, 0.1) is 19.8 Å². The Labute approximate surface area is 139 Å². The van der Waals surface area contributed by atoms with Crippen molar-refractivity contribution in [2.24, 2.45) is 5.92 Å². The first kappa shape index (κ1) is 16.5. The second kappa shape index (κ2) is 7.41. The molecule has 0 saturated heterocycles. The molecule has 0 bridgehead atoms. The summed E-state index contributed by atoms with van der Waals surface area (Å²) in [6.07, 6.45) is 0. The number of anilines is 1. The average molecular weight is 312 g/mol. The second-order valence-electron chi connectivity index (χ2n) is 6.05. The second-order valence-corrected chi connectivity index (χ2v) is 6.45. The standard InChI is InChI=1S/C19H24N2S/c1-13(2)18(17-11-6-5-9-15(17)4)21-19(22)20-16-10-7-8-14(3)12-16/h5-13,18H,1-4H3,(H2,20,21,22)/t18-/m0/s1. The molecule has 0 amide bonds. The number of hydrogen-bond donors (Lipinski definition) is 2. The lowest BCUT2D eigenvalue weighted by Gasteiger charge is -2.26. The molecule has 2 rings (SSSR count). The molecule has 0 saturated carbocycles. The SMILES string of the molecule is Cc1cccc(NC(=S)N[C@H](c2ccccc2C)C(C)C)c1. The van der Waals surface area contributed by atoms with Crippen LogP contribution in [0.1, 0.15) is 36.6 Å². The Morgan fingerprint density at radius 3 is 2.36 bits per heavy atom. The lowest BCUT2D eigenvalue weighted by Crippen LogP contribution is -2.35. The summed E-state index contributed by atoms with van der Waals surface area (Å²) in [7, 11) is 0. The number of aryl methyl sites for hydroxylation is 2. The van der Waals surface area contributed by atoms with Crippen LogP contribution in [0.2, 0.25) is 0 Å². The summed E-state index contributed by atoms with van der Waals surface area (Å²) in [6, 6.07) is 16.9. The van der Waals surface area contributed by atoms with Crippen LogP contribution in [-0.2, 0) is 0 Å². The van der Waals surface area contributed by atoms with Gasteiger partial charge in [0.1, 0.15) is 0 Å². The van der Waals surface area contributed by atoms with Crippen LogP contribution in [0.3, 0.4) is 0 Å². The van der Waals surface area contributed by atoms with Crippen molar-refractivity contribution in [1.82, 2.24) is 5.32 Å². The largest absolute Gasteiger partial charge is 0.355 e. The molecule has 2 aromatic rings. The Morgan fingerprint density at radius 1 is 1.00 bits per heavy atom. The van der Waals surface area contributed by atoms with Crippen LogP contribution in [0.5, 0.6) is 0 Å². The Balaban J connectivity index is 2.11. The van der Waals surface area contributed by atoms with Gasteiger partial charge in [0.05, 0.1) is 6.04 Å². The quantitative estimate of drug-likeness (QED) is 0.778. The van der Waals surface area contributed by atoms with E-state index in [4.69, 9.17) is 12.2 Å². The van der Waals surface area contributed by atoms with Crippen LogP contribution in [0.25, 0.3) is 0 Å². The molecule has 0 aliphatic heterocycles. The van der Waals surface area contributed by atoms with Crippen molar-refractivity contribution in [1.29, 1.82) is 0 Å². The van der Waals surface area contributed by atoms with Crippen molar-refractivity contribution < 1.29 is 0 Å². The summed E-state index contributed by atoms with van der Waals surface area (Å²) < 4.78 is 0. The zero-order valence-corrected chi connectivity index (χ0v) is 14.5. The van der Waals surface area contributed by atoms with Crippen molar-refractivity contribution >= 4 is 23.0 Å². The van der Waals surface area contributed by atoms with E-state index in [1.165, 1.54) is 16.7 Å². The summed E-state index contributed by atoms with van der Waals surface area (Å²) in [5.41, 5.74) is 4.81. The Kier molecular flexibility index (Phi) is 5.56. The van der Waals surface area contributed by atoms with Crippen LogP contribution < -0.4 is 10.6 Å². The zero-order chi connectivity index (χ0) is 16.1. The van der Waals surface area contributed by atoms with Gasteiger partial charge in [0.25, 0.3) is 0 Å². The van der Waals surface area contributed by atoms with Crippen LogP contribution in [0.4, 0.5) is 5.69 Å². The minimum Gasteiger partial charge on any atom is -0.355 e. The summed E-state index contributed by atoms with van der Waals surface area (Å²) in [4.78, 5) is 0. The van der Waals surface area contributed by atoms with Crippen LogP contribution in [-0.4, -0.2) is 5.11 Å². The maximum absolute atomic E-state index is 5.50. The number of hydrogen-bond acceptors (Lipinski definition) is 1. The van der Waals surface area contributed by atoms with E-state index in [9.17, 15) is 0 Å². The van der Waals surface area contributed by atoms with Crippen molar-refractivity contribution in [3.63, 3.8) is 0 Å². The molecule has 0 aliphatic rings. The highest BCUT2D eigenvalue weighted by Crippen LogP contribution is 2.24. The van der Waals surface area contributed by atoms with Crippen molar-refractivity contribution in [3.05, 3.63) is 65.2 Å². The van der Waals surface area contributed by atoms with Gasteiger partial charge in [0.2, 0.25) is 0 Å². The van der Waals surface area contributed by atoms with Gasteiger partial charge in [-0.1, -0.05) is 50.2 Å². The van der Waals surface area contributed by atoms with E-state index in [2.05, 4.69) is 74.7 Å². The maximum atomic E-state index is 5.50. The molecular formula is C19H24N2S. The molecule has 0 heterocycles. The monoisotopic (exact) mass is 312 g/mol. The molecule has 2 N–H and O–H groups in total. The molecule has 22 heavy (non-hydrogen) atoms. The molecular weight excluding hydrogens is 288 g/mol. The first-order valence-electron chi connectivity index (χ1n) is 7.67. The zero-order valence-electron chi connectivity index (χ0n) is 13.7. The third-order valence-electron chi connectivity index (χ3n) is 3.75. The normalized spacial score (nSPS) is 12.0. The minimum atomic E-state index is 0.200. The Morgan fingerprint density at radius 2 is 1.73 bits per heavy atom. The van der Waals surface area contributed by atoms with Gasteiger partial charge in [0.15, 0.2) is 5.11 Å². The average Bonchev–Trinajstić information content (AvgIpc) is 2.45. The fraction of sp³-hybridized carbons (Fsp3) is 0.316. The molecule has 0 radical (unpaired) electrons. The lowest BCUT2D eigenvalue weighted by molar-refractivity contribution is 0.471. The highest BCUT2D eigenvalue weighted by Gasteiger charge is 2.18. The fourth-order valence-electron chi connectivity index (χ4n) is 2.57. The maximum Gasteiger partial charge on any atom is 0.171 e. The van der Waals surface area contributed by atoms with E-state index in [0.717, 1.165) is 5.69 Å². The summed E-state index contributed by atoms with van der Waals surface area (Å²) in [5.74, 6) is 0.443. The van der Waals surface area contributed by atoms with Crippen LogP contribution in [0.15, 0.2) is 48.5 Å². The smallest absolute Gasteiger partial charge is 0.171 e. The predicted molar refractivity (Wildman–Crippen MR) is 99.3 cm³/mol. The van der Waals surface area contributed by atoms with Gasteiger partial charge < -0.3 is 10.6 Å². The number of nitrogens with one attached hydrogen (secondary N) is 2. The van der Waals surface area contributed by atoms with Crippen LogP contribution >= 0.6 is 12.2 Å².